The molecule has 0 aliphatic rings. The van der Waals surface area contributed by atoms with Gasteiger partial charge < -0.3 is 0 Å². The Hall–Kier alpha value is -0.290. The Kier molecular flexibility index (Phi) is 2.50. The average molecular weight is 176 g/mol. The molecule has 1 heterocycles. The van der Waals surface area contributed by atoms with Crippen LogP contribution in [0.15, 0.2) is 9.13 Å². The van der Waals surface area contributed by atoms with Gasteiger partial charge in [0.2, 0.25) is 0 Å². The molecule has 0 aromatic carbocycles. The summed E-state index contributed by atoms with van der Waals surface area (Å²) < 4.78 is 2.31. The van der Waals surface area contributed by atoms with Crippen LogP contribution < -0.4 is 4.87 Å². The molecule has 0 aliphatic carbocycles. The summed E-state index contributed by atoms with van der Waals surface area (Å²) in [6.45, 7) is 2.57. The summed E-state index contributed by atoms with van der Waals surface area (Å²) in [4.78, 5) is 11.0. The molecule has 0 amide bonds. The fourth-order valence-corrected chi connectivity index (χ4v) is 1.86. The van der Waals surface area contributed by atoms with E-state index < -0.39 is 0 Å². The Morgan fingerprint density at radius 1 is 1.80 bits per heavy atom. The highest BCUT2D eigenvalue weighted by atomic mass is 32.2. The molecule has 0 aliphatic heterocycles. The van der Waals surface area contributed by atoms with E-state index in [2.05, 4.69) is 5.10 Å². The lowest BCUT2D eigenvalue weighted by molar-refractivity contribution is 0.623. The summed E-state index contributed by atoms with van der Waals surface area (Å²) in [6, 6.07) is 0. The van der Waals surface area contributed by atoms with Gasteiger partial charge in [0.25, 0.3) is 0 Å². The summed E-state index contributed by atoms with van der Waals surface area (Å²) >= 11 is 2.70. The summed E-state index contributed by atoms with van der Waals surface area (Å²) in [5.41, 5.74) is 0. The molecule has 56 valence electrons. The van der Waals surface area contributed by atoms with Gasteiger partial charge in [0, 0.05) is 6.54 Å². The van der Waals surface area contributed by atoms with Crippen LogP contribution >= 0.6 is 23.1 Å². The van der Waals surface area contributed by atoms with E-state index in [1.54, 1.807) is 0 Å². The van der Waals surface area contributed by atoms with Crippen LogP contribution in [0.1, 0.15) is 6.92 Å². The molecule has 3 nitrogen and oxygen atoms in total. The van der Waals surface area contributed by atoms with Crippen LogP contribution in [0.25, 0.3) is 0 Å². The van der Waals surface area contributed by atoms with Gasteiger partial charge in [-0.25, -0.2) is 4.68 Å². The van der Waals surface area contributed by atoms with Crippen molar-refractivity contribution >= 4 is 23.1 Å². The standard InChI is InChI=1S/C5H8N2OS2/c1-3-7-5(8)10-4(6-7)9-2/h3H2,1-2H3. The smallest absolute Gasteiger partial charge is 0.255 e. The van der Waals surface area contributed by atoms with Gasteiger partial charge >= 0.3 is 4.87 Å². The first kappa shape index (κ1) is 7.81. The Morgan fingerprint density at radius 3 is 2.80 bits per heavy atom. The third-order valence-electron chi connectivity index (χ3n) is 1.06. The van der Waals surface area contributed by atoms with Gasteiger partial charge in [0.1, 0.15) is 0 Å². The third-order valence-corrected chi connectivity index (χ3v) is 2.88. The Bertz CT molecular complexity index is 265. The molecule has 0 spiro atoms. The summed E-state index contributed by atoms with van der Waals surface area (Å²) in [5.74, 6) is 0. The second-order valence-electron chi connectivity index (χ2n) is 1.65. The van der Waals surface area contributed by atoms with Crippen molar-refractivity contribution in [2.45, 2.75) is 17.8 Å². The van der Waals surface area contributed by atoms with E-state index in [4.69, 9.17) is 0 Å². The lowest BCUT2D eigenvalue weighted by Crippen LogP contribution is -2.12. The fourth-order valence-electron chi connectivity index (χ4n) is 0.569. The van der Waals surface area contributed by atoms with Gasteiger partial charge in [0.15, 0.2) is 4.34 Å². The van der Waals surface area contributed by atoms with Gasteiger partial charge in [-0.1, -0.05) is 11.8 Å². The van der Waals surface area contributed by atoms with Gasteiger partial charge in [-0.2, -0.15) is 5.10 Å². The molecule has 0 N–H and O–H groups in total. The Labute approximate surface area is 67.1 Å². The topological polar surface area (TPSA) is 34.9 Å². The van der Waals surface area contributed by atoms with Crippen molar-refractivity contribution in [3.05, 3.63) is 9.67 Å². The maximum atomic E-state index is 10.9. The van der Waals surface area contributed by atoms with Crippen molar-refractivity contribution in [3.63, 3.8) is 0 Å². The van der Waals surface area contributed by atoms with Crippen molar-refractivity contribution < 1.29 is 0 Å². The monoisotopic (exact) mass is 176 g/mol. The SMILES string of the molecule is CCn1nc(SC)sc1=O. The Balaban J connectivity index is 3.04. The molecule has 0 unspecified atom stereocenters. The molecule has 1 aromatic heterocycles. The number of thioether (sulfide) groups is 1. The maximum Gasteiger partial charge on any atom is 0.325 e. The molecule has 0 atom stereocenters. The van der Waals surface area contributed by atoms with E-state index in [0.717, 1.165) is 4.34 Å². The van der Waals surface area contributed by atoms with E-state index in [9.17, 15) is 4.79 Å². The number of nitrogens with zero attached hydrogens (tertiary/aromatic N) is 2. The first-order valence-corrected chi connectivity index (χ1v) is 4.94. The van der Waals surface area contributed by atoms with Crippen molar-refractivity contribution in [2.75, 3.05) is 6.26 Å². The van der Waals surface area contributed by atoms with E-state index >= 15 is 0 Å². The van der Waals surface area contributed by atoms with Crippen molar-refractivity contribution in [1.29, 1.82) is 0 Å². The molecular weight excluding hydrogens is 168 g/mol. The molecule has 0 saturated carbocycles. The molecule has 10 heavy (non-hydrogen) atoms. The van der Waals surface area contributed by atoms with Crippen LogP contribution in [0.3, 0.4) is 0 Å². The largest absolute Gasteiger partial charge is 0.325 e. The van der Waals surface area contributed by atoms with Crippen LogP contribution in [-0.2, 0) is 6.54 Å². The van der Waals surface area contributed by atoms with Gasteiger partial charge in [-0.15, -0.1) is 0 Å². The van der Waals surface area contributed by atoms with E-state index in [1.807, 2.05) is 13.2 Å². The third kappa shape index (κ3) is 1.41. The van der Waals surface area contributed by atoms with Crippen molar-refractivity contribution in [1.82, 2.24) is 9.78 Å². The van der Waals surface area contributed by atoms with Gasteiger partial charge in [0.05, 0.1) is 0 Å². The molecule has 5 heteroatoms. The minimum Gasteiger partial charge on any atom is -0.255 e. The Morgan fingerprint density at radius 2 is 2.50 bits per heavy atom. The molecule has 0 bridgehead atoms. The predicted octanol–water partition coefficient (Wildman–Crippen LogP) is 1.05. The van der Waals surface area contributed by atoms with Gasteiger partial charge in [-0.05, 0) is 24.5 Å². The zero-order valence-corrected chi connectivity index (χ0v) is 7.46. The van der Waals surface area contributed by atoms with E-state index in [0.29, 0.717) is 6.54 Å². The molecule has 0 saturated heterocycles. The summed E-state index contributed by atoms with van der Waals surface area (Å²) in [5, 5.41) is 4.03. The normalized spacial score (nSPS) is 10.2. The number of hydrogen-bond donors (Lipinski definition) is 0. The maximum absolute atomic E-state index is 10.9. The first-order chi connectivity index (χ1) is 4.77. The lowest BCUT2D eigenvalue weighted by Gasteiger charge is -1.87. The molecule has 1 aromatic rings. The fraction of sp³-hybridized carbons (Fsp3) is 0.600. The predicted molar refractivity (Wildman–Crippen MR) is 43.8 cm³/mol. The minimum atomic E-state index is 0.0341. The number of hydrogen-bond acceptors (Lipinski definition) is 4. The highest BCUT2D eigenvalue weighted by molar-refractivity contribution is 8.00. The van der Waals surface area contributed by atoms with Crippen molar-refractivity contribution in [3.8, 4) is 0 Å². The molecule has 0 fully saturated rings. The molecular formula is C5H8N2OS2. The second kappa shape index (κ2) is 3.21. The highest BCUT2D eigenvalue weighted by Gasteiger charge is 2.00. The number of rotatable bonds is 2. The zero-order valence-electron chi connectivity index (χ0n) is 5.83. The van der Waals surface area contributed by atoms with Crippen LogP contribution in [0.2, 0.25) is 0 Å². The second-order valence-corrected chi connectivity index (χ2v) is 3.65. The van der Waals surface area contributed by atoms with E-state index in [1.165, 1.54) is 27.8 Å². The first-order valence-electron chi connectivity index (χ1n) is 2.90. The van der Waals surface area contributed by atoms with Crippen LogP contribution in [-0.4, -0.2) is 16.0 Å². The molecule has 1 rings (SSSR count). The quantitative estimate of drug-likeness (QED) is 0.632. The summed E-state index contributed by atoms with van der Waals surface area (Å²) in [7, 11) is 0. The van der Waals surface area contributed by atoms with Crippen molar-refractivity contribution in [2.24, 2.45) is 0 Å². The van der Waals surface area contributed by atoms with Gasteiger partial charge in [-0.3, -0.25) is 4.79 Å². The van der Waals surface area contributed by atoms with E-state index in [-0.39, 0.29) is 4.87 Å². The average Bonchev–Trinajstić information content (AvgIpc) is 2.30. The van der Waals surface area contributed by atoms with Crippen LogP contribution in [0.5, 0.6) is 0 Å². The summed E-state index contributed by atoms with van der Waals surface area (Å²) in [6.07, 6.45) is 1.91. The number of aryl methyl sites for hydroxylation is 1. The van der Waals surface area contributed by atoms with Crippen LogP contribution in [0.4, 0.5) is 0 Å². The highest BCUT2D eigenvalue weighted by Crippen LogP contribution is 2.12. The van der Waals surface area contributed by atoms with Crippen LogP contribution in [0, 0.1) is 0 Å². The lowest BCUT2D eigenvalue weighted by atomic mass is 10.8. The minimum absolute atomic E-state index is 0.0341. The number of aromatic nitrogens is 2. The zero-order chi connectivity index (χ0) is 7.56. The molecule has 0 radical (unpaired) electrons.